The van der Waals surface area contributed by atoms with Crippen LogP contribution in [0.15, 0.2) is 24.3 Å². The number of ketones is 1. The molecule has 0 saturated carbocycles. The van der Waals surface area contributed by atoms with Crippen LogP contribution in [0.4, 0.5) is 0 Å². The molecular formula is C14H13NO4S. The van der Waals surface area contributed by atoms with Crippen molar-refractivity contribution in [2.24, 2.45) is 0 Å². The van der Waals surface area contributed by atoms with Gasteiger partial charge in [-0.1, -0.05) is 12.1 Å². The molecule has 1 atom stereocenters. The van der Waals surface area contributed by atoms with Gasteiger partial charge < -0.3 is 14.9 Å². The molecule has 5 nitrogen and oxygen atoms in total. The maximum Gasteiger partial charge on any atom is 0.233 e. The van der Waals surface area contributed by atoms with Crippen molar-refractivity contribution >= 4 is 17.1 Å². The minimum Gasteiger partial charge on any atom is -0.507 e. The lowest BCUT2D eigenvalue weighted by molar-refractivity contribution is 0.0644. The number of benzene rings is 1. The summed E-state index contributed by atoms with van der Waals surface area (Å²) in [6.45, 7) is 0.572. The van der Waals surface area contributed by atoms with Crippen molar-refractivity contribution in [1.29, 1.82) is 0 Å². The molecule has 0 amide bonds. The second-order valence-corrected chi connectivity index (χ2v) is 5.55. The lowest BCUT2D eigenvalue weighted by Crippen LogP contribution is -2.18. The van der Waals surface area contributed by atoms with E-state index in [1.807, 2.05) is 0 Å². The van der Waals surface area contributed by atoms with E-state index >= 15 is 0 Å². The molecule has 1 aliphatic rings. The van der Waals surface area contributed by atoms with Gasteiger partial charge in [0, 0.05) is 6.61 Å². The van der Waals surface area contributed by atoms with Crippen LogP contribution in [0.5, 0.6) is 11.6 Å². The molecule has 3 rings (SSSR count). The van der Waals surface area contributed by atoms with Crippen molar-refractivity contribution in [1.82, 2.24) is 4.98 Å². The monoisotopic (exact) mass is 291 g/mol. The zero-order valence-electron chi connectivity index (χ0n) is 10.6. The number of hydrogen-bond donors (Lipinski definition) is 2. The van der Waals surface area contributed by atoms with Crippen LogP contribution in [0.1, 0.15) is 22.5 Å². The van der Waals surface area contributed by atoms with E-state index in [1.54, 1.807) is 18.2 Å². The van der Waals surface area contributed by atoms with E-state index in [4.69, 9.17) is 4.74 Å². The Bertz CT molecular complexity index is 646. The third-order valence-electron chi connectivity index (χ3n) is 3.19. The highest BCUT2D eigenvalue weighted by atomic mass is 32.1. The number of phenolic OH excluding ortho intramolecular Hbond substituents is 1. The van der Waals surface area contributed by atoms with Gasteiger partial charge in [-0.15, -0.1) is 11.3 Å². The molecule has 1 aromatic heterocycles. The number of phenols is 1. The molecule has 0 spiro atoms. The van der Waals surface area contributed by atoms with Crippen molar-refractivity contribution < 1.29 is 19.7 Å². The maximum atomic E-state index is 12.2. The van der Waals surface area contributed by atoms with Crippen molar-refractivity contribution in [3.63, 3.8) is 0 Å². The van der Waals surface area contributed by atoms with Crippen molar-refractivity contribution in [3.05, 3.63) is 29.1 Å². The van der Waals surface area contributed by atoms with E-state index < -0.39 is 6.10 Å². The fraction of sp³-hybridized carbons (Fsp3) is 0.286. The lowest BCUT2D eigenvalue weighted by atomic mass is 10.1. The molecule has 0 radical (unpaired) electrons. The summed E-state index contributed by atoms with van der Waals surface area (Å²) in [5.74, 6) is -0.467. The van der Waals surface area contributed by atoms with Crippen LogP contribution in [0.3, 0.4) is 0 Å². The Kier molecular flexibility index (Phi) is 3.42. The van der Waals surface area contributed by atoms with Gasteiger partial charge in [0.1, 0.15) is 21.7 Å². The molecule has 20 heavy (non-hydrogen) atoms. The molecule has 6 heteroatoms. The molecule has 0 aliphatic carbocycles. The summed E-state index contributed by atoms with van der Waals surface area (Å²) in [5.41, 5.74) is 0.499. The van der Waals surface area contributed by atoms with E-state index in [1.165, 1.54) is 6.07 Å². The number of hydrogen-bond acceptors (Lipinski definition) is 6. The third-order valence-corrected chi connectivity index (χ3v) is 4.28. The summed E-state index contributed by atoms with van der Waals surface area (Å²) in [5, 5.41) is 20.1. The minimum absolute atomic E-state index is 0.0670. The first-order chi connectivity index (χ1) is 9.66. The fourth-order valence-corrected chi connectivity index (χ4v) is 3.15. The molecule has 2 heterocycles. The summed E-state index contributed by atoms with van der Waals surface area (Å²) in [4.78, 5) is 16.4. The Morgan fingerprint density at radius 3 is 2.85 bits per heavy atom. The van der Waals surface area contributed by atoms with E-state index in [-0.39, 0.29) is 22.3 Å². The smallest absolute Gasteiger partial charge is 0.233 e. The van der Waals surface area contributed by atoms with E-state index in [0.29, 0.717) is 23.6 Å². The Morgan fingerprint density at radius 2 is 2.15 bits per heavy atom. The Morgan fingerprint density at radius 1 is 1.35 bits per heavy atom. The highest BCUT2D eigenvalue weighted by molar-refractivity contribution is 7.17. The van der Waals surface area contributed by atoms with Crippen LogP contribution in [0.25, 0.3) is 10.6 Å². The van der Waals surface area contributed by atoms with Gasteiger partial charge in [0.05, 0.1) is 5.56 Å². The van der Waals surface area contributed by atoms with Gasteiger partial charge in [0.25, 0.3) is 0 Å². The van der Waals surface area contributed by atoms with Crippen LogP contribution in [0.2, 0.25) is 0 Å². The lowest BCUT2D eigenvalue weighted by Gasteiger charge is -2.05. The molecule has 1 aliphatic heterocycles. The number of rotatable bonds is 3. The number of carbonyl (C=O) groups excluding carboxylic acids is 1. The van der Waals surface area contributed by atoms with Crippen molar-refractivity contribution in [3.8, 4) is 22.2 Å². The van der Waals surface area contributed by atoms with Crippen molar-refractivity contribution in [2.75, 3.05) is 6.61 Å². The Balaban J connectivity index is 1.95. The largest absolute Gasteiger partial charge is 0.507 e. The zero-order chi connectivity index (χ0) is 14.1. The normalized spacial score (nSPS) is 18.3. The second kappa shape index (κ2) is 5.22. The summed E-state index contributed by atoms with van der Waals surface area (Å²) in [7, 11) is 0. The van der Waals surface area contributed by atoms with E-state index in [2.05, 4.69) is 4.98 Å². The third kappa shape index (κ3) is 2.28. The Hall–Kier alpha value is -1.92. The number of nitrogens with zero attached hydrogens (tertiary/aromatic N) is 1. The summed E-state index contributed by atoms with van der Waals surface area (Å²) >= 11 is 1.07. The van der Waals surface area contributed by atoms with Crippen LogP contribution < -0.4 is 0 Å². The average Bonchev–Trinajstić information content (AvgIpc) is 3.08. The summed E-state index contributed by atoms with van der Waals surface area (Å²) in [6, 6.07) is 6.68. The van der Waals surface area contributed by atoms with Crippen molar-refractivity contribution in [2.45, 2.75) is 18.9 Å². The number of aromatic nitrogens is 1. The first-order valence-electron chi connectivity index (χ1n) is 6.31. The predicted octanol–water partition coefficient (Wildman–Crippen LogP) is 2.58. The van der Waals surface area contributed by atoms with Crippen LogP contribution >= 0.6 is 11.3 Å². The highest BCUT2D eigenvalue weighted by Crippen LogP contribution is 2.37. The number of Topliss-reactive ketones (excluding diaryl/α,β-unsaturated/α-hetero) is 1. The Labute approximate surface area is 119 Å². The minimum atomic E-state index is -0.487. The fourth-order valence-electron chi connectivity index (χ4n) is 2.17. The van der Waals surface area contributed by atoms with Gasteiger partial charge >= 0.3 is 0 Å². The molecule has 104 valence electrons. The first-order valence-corrected chi connectivity index (χ1v) is 7.12. The number of carbonyl (C=O) groups is 1. The zero-order valence-corrected chi connectivity index (χ0v) is 11.4. The predicted molar refractivity (Wildman–Crippen MR) is 74.2 cm³/mol. The average molecular weight is 291 g/mol. The molecule has 2 aromatic rings. The van der Waals surface area contributed by atoms with Gasteiger partial charge in [0.2, 0.25) is 11.7 Å². The topological polar surface area (TPSA) is 79.7 Å². The van der Waals surface area contributed by atoms with Gasteiger partial charge in [-0.05, 0) is 25.0 Å². The van der Waals surface area contributed by atoms with Gasteiger partial charge in [-0.25, -0.2) is 4.98 Å². The van der Waals surface area contributed by atoms with E-state index in [0.717, 1.165) is 17.8 Å². The first kappa shape index (κ1) is 13.1. The quantitative estimate of drug-likeness (QED) is 0.850. The van der Waals surface area contributed by atoms with Gasteiger partial charge in [-0.3, -0.25) is 4.79 Å². The molecule has 1 fully saturated rings. The van der Waals surface area contributed by atoms with Crippen LogP contribution in [-0.4, -0.2) is 33.7 Å². The number of ether oxygens (including phenoxy) is 1. The van der Waals surface area contributed by atoms with Gasteiger partial charge in [-0.2, -0.15) is 0 Å². The van der Waals surface area contributed by atoms with Crippen LogP contribution in [0, 0.1) is 0 Å². The summed E-state index contributed by atoms with van der Waals surface area (Å²) in [6.07, 6.45) is 1.03. The number of aromatic hydroxyl groups is 2. The number of para-hydroxylation sites is 1. The maximum absolute atomic E-state index is 12.2. The molecule has 2 N–H and O–H groups in total. The standard InChI is InChI=1S/C14H13NO4S/c16-9-5-2-1-4-8(9)14-15-13(18)12(20-14)11(17)10-6-3-7-19-10/h1-2,4-5,10,16,18H,3,6-7H2. The van der Waals surface area contributed by atoms with Gasteiger partial charge in [0.15, 0.2) is 0 Å². The molecule has 0 bridgehead atoms. The summed E-state index contributed by atoms with van der Waals surface area (Å²) < 4.78 is 5.33. The number of thiazole rings is 1. The SMILES string of the molecule is O=C(c1sc(-c2ccccc2O)nc1O)C1CCCO1. The molecular weight excluding hydrogens is 278 g/mol. The molecule has 1 aromatic carbocycles. The molecule has 1 saturated heterocycles. The highest BCUT2D eigenvalue weighted by Gasteiger charge is 2.29. The second-order valence-electron chi connectivity index (χ2n) is 4.55. The van der Waals surface area contributed by atoms with E-state index in [9.17, 15) is 15.0 Å². The van der Waals surface area contributed by atoms with Crippen LogP contribution in [-0.2, 0) is 4.74 Å². The molecule has 1 unspecified atom stereocenters.